The zero-order valence-corrected chi connectivity index (χ0v) is 19.8. The summed E-state index contributed by atoms with van der Waals surface area (Å²) in [5.74, 6) is 1.50. The molecular formula is C25H32N6O3. The predicted octanol–water partition coefficient (Wildman–Crippen LogP) is 2.34. The molecule has 3 unspecified atom stereocenters. The smallest absolute Gasteiger partial charge is 0.316 e. The molecule has 2 aromatic rings. The first-order chi connectivity index (χ1) is 16.4. The van der Waals surface area contributed by atoms with Gasteiger partial charge < -0.3 is 25.2 Å². The number of carbonyl (C=O) groups excluding carboxylic acids is 1. The van der Waals surface area contributed by atoms with Crippen LogP contribution in [0.5, 0.6) is 0 Å². The molecule has 0 aliphatic heterocycles. The van der Waals surface area contributed by atoms with Gasteiger partial charge in [0.05, 0.1) is 22.5 Å². The highest BCUT2D eigenvalue weighted by Crippen LogP contribution is 2.56. The quantitative estimate of drug-likeness (QED) is 0.572. The van der Waals surface area contributed by atoms with Crippen molar-refractivity contribution in [2.75, 3.05) is 32.5 Å². The van der Waals surface area contributed by atoms with Gasteiger partial charge in [0.15, 0.2) is 0 Å². The molecule has 4 saturated carbocycles. The van der Waals surface area contributed by atoms with Crippen LogP contribution in [0.2, 0.25) is 0 Å². The lowest BCUT2D eigenvalue weighted by molar-refractivity contribution is -0.129. The fraction of sp³-hybridized carbons (Fsp3) is 0.600. The van der Waals surface area contributed by atoms with E-state index in [1.807, 2.05) is 19.0 Å². The number of likely N-dealkylation sites (N-methyl/N-ethyl adjacent to an activating group) is 1. The van der Waals surface area contributed by atoms with Gasteiger partial charge >= 0.3 is 11.8 Å². The Morgan fingerprint density at radius 1 is 1.26 bits per heavy atom. The Labute approximate surface area is 199 Å². The molecule has 0 saturated heterocycles. The number of rotatable bonds is 7. The summed E-state index contributed by atoms with van der Waals surface area (Å²) in [6.45, 7) is 1.22. The number of nitrogens with zero attached hydrogens (tertiary/aromatic N) is 4. The molecule has 5 atom stereocenters. The number of fused-ring (bicyclic) bond motifs is 1. The number of allylic oxidation sites excluding steroid dienone is 1. The van der Waals surface area contributed by atoms with Gasteiger partial charge in [-0.05, 0) is 64.0 Å². The number of aliphatic hydroxyl groups is 1. The Balaban J connectivity index is 1.28. The minimum absolute atomic E-state index is 0.0485. The van der Waals surface area contributed by atoms with Crippen molar-refractivity contribution in [2.45, 2.75) is 50.2 Å². The molecule has 2 aromatic heterocycles. The molecule has 7 rings (SSSR count). The van der Waals surface area contributed by atoms with Gasteiger partial charge in [0.1, 0.15) is 0 Å². The van der Waals surface area contributed by atoms with Gasteiger partial charge in [0.2, 0.25) is 5.82 Å². The average molecular weight is 465 g/mol. The monoisotopic (exact) mass is 464 g/mol. The number of hydrogen-bond donors (Lipinski definition) is 3. The summed E-state index contributed by atoms with van der Waals surface area (Å²) in [7, 11) is 3.90. The first kappa shape index (κ1) is 21.7. The van der Waals surface area contributed by atoms with Crippen molar-refractivity contribution in [1.82, 2.24) is 25.3 Å². The van der Waals surface area contributed by atoms with Crippen molar-refractivity contribution >= 4 is 17.7 Å². The minimum Gasteiger partial charge on any atom is -0.390 e. The lowest BCUT2D eigenvalue weighted by Gasteiger charge is -2.58. The molecule has 9 heteroatoms. The molecule has 3 N–H and O–H groups in total. The number of anilines is 1. The van der Waals surface area contributed by atoms with E-state index in [4.69, 9.17) is 4.52 Å². The maximum absolute atomic E-state index is 12.5. The topological polar surface area (TPSA) is 116 Å². The van der Waals surface area contributed by atoms with Crippen LogP contribution in [0, 0.1) is 17.8 Å². The van der Waals surface area contributed by atoms with Crippen LogP contribution in [0.4, 0.5) is 5.69 Å². The highest BCUT2D eigenvalue weighted by molar-refractivity contribution is 5.90. The highest BCUT2D eigenvalue weighted by Gasteiger charge is 2.54. The lowest BCUT2D eigenvalue weighted by atomic mass is 9.52. The summed E-state index contributed by atoms with van der Waals surface area (Å²) in [6, 6.07) is 0.303. The minimum atomic E-state index is -0.472. The average Bonchev–Trinajstić information content (AvgIpc) is 3.44. The Hall–Kier alpha value is -2.78. The number of hydrogen-bond acceptors (Lipinski definition) is 8. The van der Waals surface area contributed by atoms with Crippen LogP contribution < -0.4 is 10.6 Å². The summed E-state index contributed by atoms with van der Waals surface area (Å²) >= 11 is 0. The Bertz CT molecular complexity index is 1130. The van der Waals surface area contributed by atoms with Crippen molar-refractivity contribution in [2.24, 2.45) is 17.8 Å². The number of aromatic nitrogens is 3. The molecule has 4 fully saturated rings. The molecule has 2 heterocycles. The lowest BCUT2D eigenvalue weighted by Crippen LogP contribution is -2.59. The molecule has 0 radical (unpaired) electrons. The third-order valence-electron chi connectivity index (χ3n) is 8.05. The summed E-state index contributed by atoms with van der Waals surface area (Å²) in [6.07, 6.45) is 11.9. The molecule has 5 aliphatic rings. The van der Waals surface area contributed by atoms with Crippen LogP contribution in [0.25, 0.3) is 17.5 Å². The molecule has 34 heavy (non-hydrogen) atoms. The van der Waals surface area contributed by atoms with Gasteiger partial charge in [-0.25, -0.2) is 0 Å². The van der Waals surface area contributed by atoms with E-state index >= 15 is 0 Å². The van der Waals surface area contributed by atoms with Crippen LogP contribution >= 0.6 is 0 Å². The maximum atomic E-state index is 12.5. The van der Waals surface area contributed by atoms with Gasteiger partial charge in [0.25, 0.3) is 0 Å². The number of amides is 1. The highest BCUT2D eigenvalue weighted by atomic mass is 16.5. The van der Waals surface area contributed by atoms with Crippen molar-refractivity contribution in [3.63, 3.8) is 0 Å². The number of carbonyl (C=O) groups is 1. The van der Waals surface area contributed by atoms with E-state index in [-0.39, 0.29) is 11.8 Å². The Kier molecular flexibility index (Phi) is 5.22. The van der Waals surface area contributed by atoms with E-state index < -0.39 is 5.60 Å². The Morgan fingerprint density at radius 3 is 2.79 bits per heavy atom. The van der Waals surface area contributed by atoms with Crippen molar-refractivity contribution in [1.29, 1.82) is 0 Å². The summed E-state index contributed by atoms with van der Waals surface area (Å²) in [4.78, 5) is 23.5. The number of pyridine rings is 1. The predicted molar refractivity (Wildman–Crippen MR) is 127 cm³/mol. The molecule has 4 bridgehead atoms. The van der Waals surface area contributed by atoms with Gasteiger partial charge in [-0.2, -0.15) is 4.98 Å². The van der Waals surface area contributed by atoms with Crippen LogP contribution in [0.3, 0.4) is 0 Å². The molecular weight excluding hydrogens is 432 g/mol. The summed E-state index contributed by atoms with van der Waals surface area (Å²) in [5.41, 5.74) is 3.32. The van der Waals surface area contributed by atoms with Crippen LogP contribution in [-0.2, 0) is 6.42 Å². The van der Waals surface area contributed by atoms with Crippen LogP contribution in [0.15, 0.2) is 16.8 Å². The zero-order chi connectivity index (χ0) is 23.4. The standard InChI is InChI=1S/C25H32N6O3/c1-31(2)7-6-26-23(32)24-29-22(30-34-24)18-13-27-19-5-3-4-17(19)21(18)28-20-15-8-14-9-16(20)12-25(33,10-14)11-15/h3-4,13-16,20,33H,5-12H2,1-2H3,(H,26,32)(H,27,28)/t14?,15-,16+,20?,25?. The molecule has 0 spiro atoms. The first-order valence-electron chi connectivity index (χ1n) is 12.3. The second-order valence-electron chi connectivity index (χ2n) is 10.9. The summed E-state index contributed by atoms with van der Waals surface area (Å²) < 4.78 is 5.32. The van der Waals surface area contributed by atoms with Gasteiger partial charge in [-0.1, -0.05) is 17.3 Å². The third kappa shape index (κ3) is 3.80. The fourth-order valence-corrected chi connectivity index (χ4v) is 6.80. The van der Waals surface area contributed by atoms with E-state index in [1.54, 1.807) is 6.20 Å². The third-order valence-corrected chi connectivity index (χ3v) is 8.05. The SMILES string of the molecule is CN(C)CCNC(=O)c1nc(-c2cnc3c(c2NC2[C@@H]4CC5C[C@H]2CC(O)(C5)C4)C=CC3)no1. The number of nitrogens with one attached hydrogen (secondary N) is 2. The van der Waals surface area contributed by atoms with E-state index in [0.717, 1.165) is 54.7 Å². The fourth-order valence-electron chi connectivity index (χ4n) is 6.80. The van der Waals surface area contributed by atoms with Gasteiger partial charge in [-0.3, -0.25) is 9.78 Å². The molecule has 180 valence electrons. The van der Waals surface area contributed by atoms with Crippen molar-refractivity contribution < 1.29 is 14.4 Å². The normalized spacial score (nSPS) is 30.7. The molecule has 9 nitrogen and oxygen atoms in total. The zero-order valence-electron chi connectivity index (χ0n) is 19.8. The van der Waals surface area contributed by atoms with Crippen molar-refractivity contribution in [3.05, 3.63) is 29.4 Å². The second kappa shape index (κ2) is 8.16. The molecule has 5 aliphatic carbocycles. The largest absolute Gasteiger partial charge is 0.390 e. The van der Waals surface area contributed by atoms with E-state index in [0.29, 0.717) is 36.2 Å². The van der Waals surface area contributed by atoms with E-state index in [2.05, 4.69) is 37.9 Å². The second-order valence-corrected chi connectivity index (χ2v) is 10.9. The molecule has 1 amide bonds. The summed E-state index contributed by atoms with van der Waals surface area (Å²) in [5, 5.41) is 21.8. The van der Waals surface area contributed by atoms with Gasteiger partial charge in [0, 0.05) is 37.3 Å². The van der Waals surface area contributed by atoms with Crippen molar-refractivity contribution in [3.8, 4) is 11.4 Å². The van der Waals surface area contributed by atoms with Crippen LogP contribution in [0.1, 0.15) is 54.0 Å². The first-order valence-corrected chi connectivity index (χ1v) is 12.3. The van der Waals surface area contributed by atoms with Gasteiger partial charge in [-0.15, -0.1) is 0 Å². The van der Waals surface area contributed by atoms with E-state index in [1.165, 1.54) is 12.8 Å². The Morgan fingerprint density at radius 2 is 2.06 bits per heavy atom. The maximum Gasteiger partial charge on any atom is 0.316 e. The van der Waals surface area contributed by atoms with E-state index in [9.17, 15) is 9.90 Å². The molecule has 0 aromatic carbocycles. The van der Waals surface area contributed by atoms with Crippen LogP contribution in [-0.4, -0.2) is 69.9 Å².